The molecule has 0 atom stereocenters. The summed E-state index contributed by atoms with van der Waals surface area (Å²) in [4.78, 5) is 0. The first kappa shape index (κ1) is 24.4. The number of hydrogen-bond acceptors (Lipinski definition) is 6. The molecule has 29 heavy (non-hydrogen) atoms. The van der Waals surface area contributed by atoms with Crippen molar-refractivity contribution < 1.29 is 18.3 Å². The molecular weight excluding hydrogens is 458 g/mol. The van der Waals surface area contributed by atoms with E-state index in [1.165, 1.54) is 0 Å². The van der Waals surface area contributed by atoms with Crippen LogP contribution >= 0.6 is 42.4 Å². The molecule has 0 saturated heterocycles. The van der Waals surface area contributed by atoms with Gasteiger partial charge in [-0.3, -0.25) is 4.57 Å². The molecule has 0 unspecified atom stereocenters. The van der Waals surface area contributed by atoms with Gasteiger partial charge in [0.15, 0.2) is 10.9 Å². The van der Waals surface area contributed by atoms with E-state index in [0.717, 1.165) is 11.1 Å². The molecule has 0 bridgehead atoms. The number of halogens is 3. The van der Waals surface area contributed by atoms with E-state index >= 15 is 0 Å². The summed E-state index contributed by atoms with van der Waals surface area (Å²) < 4.78 is 29.0. The maximum Gasteiger partial charge on any atom is 0.330 e. The second-order valence-corrected chi connectivity index (χ2v) is 9.85. The molecule has 1 aromatic heterocycles. The molecule has 0 spiro atoms. The monoisotopic (exact) mass is 480 g/mol. The maximum absolute atomic E-state index is 12.6. The first-order valence-corrected chi connectivity index (χ1v) is 12.1. The van der Waals surface area contributed by atoms with Gasteiger partial charge in [-0.2, -0.15) is 0 Å². The average molecular weight is 482 g/mol. The molecule has 0 N–H and O–H groups in total. The fourth-order valence-corrected chi connectivity index (χ4v) is 5.18. The Hall–Kier alpha value is -0.880. The van der Waals surface area contributed by atoms with Crippen molar-refractivity contribution >= 4 is 42.4 Å². The number of nitrogens with zero attached hydrogens (tertiary/aromatic N) is 2. The molecule has 0 saturated carbocycles. The van der Waals surface area contributed by atoms with Gasteiger partial charge in [0, 0.05) is 6.07 Å². The summed E-state index contributed by atoms with van der Waals surface area (Å²) in [7, 11) is -3.15. The SMILES string of the molecule is CCOP(=O)(CCc1cc(Cl)c(Oc2cc(C(C)C)c(Cl)nn2)c(Cl)c1)OCC. The van der Waals surface area contributed by atoms with Gasteiger partial charge < -0.3 is 13.8 Å². The number of hydrogen-bond donors (Lipinski definition) is 0. The first-order valence-electron chi connectivity index (χ1n) is 9.26. The Morgan fingerprint density at radius 3 is 2.10 bits per heavy atom. The Morgan fingerprint density at radius 1 is 1.00 bits per heavy atom. The highest BCUT2D eigenvalue weighted by Gasteiger charge is 2.24. The standard InChI is InChI=1S/C19H24Cl3N2O4P/c1-5-26-29(25,27-6-2)8-7-13-9-15(20)18(16(21)10-13)28-17-11-14(12(3)4)19(22)24-23-17/h9-12H,5-8H2,1-4H3. The molecule has 2 rings (SSSR count). The lowest BCUT2D eigenvalue weighted by atomic mass is 10.1. The van der Waals surface area contributed by atoms with Gasteiger partial charge in [-0.15, -0.1) is 10.2 Å². The number of benzene rings is 1. The fourth-order valence-electron chi connectivity index (χ4n) is 2.61. The van der Waals surface area contributed by atoms with Crippen molar-refractivity contribution in [3.8, 4) is 11.6 Å². The number of aryl methyl sites for hydroxylation is 1. The van der Waals surface area contributed by atoms with Gasteiger partial charge in [0.1, 0.15) is 0 Å². The van der Waals surface area contributed by atoms with Crippen molar-refractivity contribution in [1.82, 2.24) is 10.2 Å². The van der Waals surface area contributed by atoms with E-state index in [0.29, 0.717) is 34.8 Å². The van der Waals surface area contributed by atoms with Crippen LogP contribution in [0.25, 0.3) is 0 Å². The van der Waals surface area contributed by atoms with Gasteiger partial charge in [-0.25, -0.2) is 0 Å². The summed E-state index contributed by atoms with van der Waals surface area (Å²) in [6, 6.07) is 5.12. The van der Waals surface area contributed by atoms with Crippen LogP contribution in [-0.2, 0) is 20.0 Å². The summed E-state index contributed by atoms with van der Waals surface area (Å²) in [5, 5.41) is 8.78. The Kier molecular flexibility index (Phi) is 9.20. The van der Waals surface area contributed by atoms with E-state index in [1.807, 2.05) is 13.8 Å². The predicted octanol–water partition coefficient (Wildman–Crippen LogP) is 7.16. The van der Waals surface area contributed by atoms with Crippen LogP contribution in [0.4, 0.5) is 0 Å². The molecule has 0 aliphatic rings. The van der Waals surface area contributed by atoms with Crippen molar-refractivity contribution in [2.45, 2.75) is 40.0 Å². The van der Waals surface area contributed by atoms with E-state index in [2.05, 4.69) is 10.2 Å². The zero-order valence-electron chi connectivity index (χ0n) is 16.7. The minimum atomic E-state index is -3.15. The molecule has 0 radical (unpaired) electrons. The minimum absolute atomic E-state index is 0.153. The van der Waals surface area contributed by atoms with Gasteiger partial charge in [0.2, 0.25) is 5.88 Å². The van der Waals surface area contributed by atoms with Crippen molar-refractivity contribution in [1.29, 1.82) is 0 Å². The van der Waals surface area contributed by atoms with Gasteiger partial charge >= 0.3 is 7.60 Å². The molecule has 2 aromatic rings. The first-order chi connectivity index (χ1) is 13.7. The lowest BCUT2D eigenvalue weighted by molar-refractivity contribution is 0.220. The Morgan fingerprint density at radius 2 is 1.59 bits per heavy atom. The summed E-state index contributed by atoms with van der Waals surface area (Å²) in [5.41, 5.74) is 1.60. The summed E-state index contributed by atoms with van der Waals surface area (Å²) in [6.45, 7) is 8.15. The predicted molar refractivity (Wildman–Crippen MR) is 117 cm³/mol. The highest BCUT2D eigenvalue weighted by molar-refractivity contribution is 7.53. The smallest absolute Gasteiger partial charge is 0.330 e. The Balaban J connectivity index is 2.19. The average Bonchev–Trinajstić information content (AvgIpc) is 2.64. The van der Waals surface area contributed by atoms with Crippen LogP contribution in [0.15, 0.2) is 18.2 Å². The molecule has 1 heterocycles. The van der Waals surface area contributed by atoms with E-state index in [1.54, 1.807) is 32.0 Å². The van der Waals surface area contributed by atoms with Gasteiger partial charge in [-0.1, -0.05) is 48.7 Å². The quantitative estimate of drug-likeness (QED) is 0.335. The largest absolute Gasteiger partial charge is 0.434 e. The normalized spacial score (nSPS) is 11.9. The Bertz CT molecular complexity index is 863. The molecule has 160 valence electrons. The number of aromatic nitrogens is 2. The lowest BCUT2D eigenvalue weighted by Gasteiger charge is -2.17. The van der Waals surface area contributed by atoms with E-state index in [-0.39, 0.29) is 23.7 Å². The van der Waals surface area contributed by atoms with E-state index in [4.69, 9.17) is 48.6 Å². The van der Waals surface area contributed by atoms with Gasteiger partial charge in [0.25, 0.3) is 0 Å². The Labute approximate surface area is 186 Å². The topological polar surface area (TPSA) is 70.5 Å². The third-order valence-electron chi connectivity index (χ3n) is 3.97. The summed E-state index contributed by atoms with van der Waals surface area (Å²) >= 11 is 18.8. The number of rotatable bonds is 10. The highest BCUT2D eigenvalue weighted by atomic mass is 35.5. The molecular formula is C19H24Cl3N2O4P. The zero-order valence-corrected chi connectivity index (χ0v) is 19.9. The number of ether oxygens (including phenoxy) is 1. The van der Waals surface area contributed by atoms with Gasteiger partial charge in [0.05, 0.1) is 29.4 Å². The maximum atomic E-state index is 12.6. The van der Waals surface area contributed by atoms with E-state index in [9.17, 15) is 4.57 Å². The van der Waals surface area contributed by atoms with Crippen LogP contribution in [-0.4, -0.2) is 29.6 Å². The summed E-state index contributed by atoms with van der Waals surface area (Å²) in [6.07, 6.45) is 0.650. The molecule has 6 nitrogen and oxygen atoms in total. The summed E-state index contributed by atoms with van der Waals surface area (Å²) in [5.74, 6) is 0.660. The van der Waals surface area contributed by atoms with Crippen LogP contribution in [0.5, 0.6) is 11.6 Å². The second-order valence-electron chi connectivity index (χ2n) is 6.49. The zero-order chi connectivity index (χ0) is 21.6. The van der Waals surface area contributed by atoms with Crippen molar-refractivity contribution in [3.63, 3.8) is 0 Å². The molecule has 0 amide bonds. The fraction of sp³-hybridized carbons (Fsp3) is 0.474. The molecule has 0 fully saturated rings. The van der Waals surface area contributed by atoms with Crippen LogP contribution in [0.2, 0.25) is 15.2 Å². The van der Waals surface area contributed by atoms with Crippen LogP contribution in [0.1, 0.15) is 44.7 Å². The van der Waals surface area contributed by atoms with Crippen LogP contribution < -0.4 is 4.74 Å². The molecule has 1 aromatic carbocycles. The van der Waals surface area contributed by atoms with Gasteiger partial charge in [-0.05, 0) is 49.4 Å². The molecule has 10 heteroatoms. The van der Waals surface area contributed by atoms with E-state index < -0.39 is 7.60 Å². The van der Waals surface area contributed by atoms with Crippen molar-refractivity contribution in [3.05, 3.63) is 44.5 Å². The van der Waals surface area contributed by atoms with Crippen LogP contribution in [0, 0.1) is 0 Å². The lowest BCUT2D eigenvalue weighted by Crippen LogP contribution is -2.03. The third kappa shape index (κ3) is 6.81. The molecule has 0 aliphatic carbocycles. The molecule has 0 aliphatic heterocycles. The minimum Gasteiger partial charge on any atom is -0.434 e. The second kappa shape index (κ2) is 10.9. The van der Waals surface area contributed by atoms with Crippen LogP contribution in [0.3, 0.4) is 0 Å². The third-order valence-corrected chi connectivity index (χ3v) is 6.90. The highest BCUT2D eigenvalue weighted by Crippen LogP contribution is 2.48. The van der Waals surface area contributed by atoms with Crippen molar-refractivity contribution in [2.75, 3.05) is 19.4 Å². The van der Waals surface area contributed by atoms with Crippen molar-refractivity contribution in [2.24, 2.45) is 0 Å².